The summed E-state index contributed by atoms with van der Waals surface area (Å²) >= 11 is 0. The van der Waals surface area contributed by atoms with Gasteiger partial charge in [-0.05, 0) is 12.2 Å². The van der Waals surface area contributed by atoms with Crippen LogP contribution in [0.5, 0.6) is 0 Å². The predicted octanol–water partition coefficient (Wildman–Crippen LogP) is 0.136. The minimum absolute atomic E-state index is 0.193. The molecule has 0 aromatic heterocycles. The van der Waals surface area contributed by atoms with Crippen molar-refractivity contribution in [1.82, 2.24) is 5.32 Å². The van der Waals surface area contributed by atoms with Crippen LogP contribution < -0.4 is 5.32 Å². The highest BCUT2D eigenvalue weighted by atomic mass is 16.1. The topological polar surface area (TPSA) is 52.9 Å². The zero-order valence-corrected chi connectivity index (χ0v) is 6.42. The average molecular weight is 148 g/mol. The number of nitriles is 1. The Hall–Kier alpha value is -0.975. The van der Waals surface area contributed by atoms with Crippen molar-refractivity contribution in [2.75, 3.05) is 0 Å². The van der Waals surface area contributed by atoms with Gasteiger partial charge in [0.1, 0.15) is 5.54 Å². The first kappa shape index (κ1) is 8.12. The second kappa shape index (κ2) is 2.57. The highest BCUT2D eigenvalue weighted by Crippen LogP contribution is 2.40. The summed E-state index contributed by atoms with van der Waals surface area (Å²) in [5, 5.41) is 11.3. The fraction of sp³-hybridized carbons (Fsp3) is 0.714. The fourth-order valence-corrected chi connectivity index (χ4v) is 1.24. The van der Waals surface area contributed by atoms with Crippen LogP contribution in [0.4, 0.5) is 0 Å². The van der Waals surface area contributed by atoms with Crippen molar-refractivity contribution in [2.45, 2.75) is 31.1 Å². The maximum atomic E-state index is 10.6. The molecule has 1 amide bonds. The number of rotatable bonds is 1. The van der Waals surface area contributed by atoms with E-state index >= 15 is 0 Å². The van der Waals surface area contributed by atoms with Gasteiger partial charge >= 0.3 is 0 Å². The van der Waals surface area contributed by atoms with E-state index in [0.29, 0.717) is 6.42 Å². The molecule has 3 nitrogen and oxygen atoms in total. The summed E-state index contributed by atoms with van der Waals surface area (Å²) in [7, 11) is 5.58. The van der Waals surface area contributed by atoms with Gasteiger partial charge in [0, 0.05) is 6.92 Å². The van der Waals surface area contributed by atoms with Crippen LogP contribution in [0, 0.1) is 11.3 Å². The van der Waals surface area contributed by atoms with Crippen LogP contribution in [-0.2, 0) is 4.79 Å². The largest absolute Gasteiger partial charge is 0.338 e. The lowest BCUT2D eigenvalue weighted by molar-refractivity contribution is -0.121. The van der Waals surface area contributed by atoms with Gasteiger partial charge in [0.25, 0.3) is 0 Å². The molecule has 1 rings (SSSR count). The van der Waals surface area contributed by atoms with E-state index in [1.807, 2.05) is 6.07 Å². The zero-order chi connectivity index (χ0) is 8.48. The van der Waals surface area contributed by atoms with Gasteiger partial charge in [-0.3, -0.25) is 4.79 Å². The van der Waals surface area contributed by atoms with Crippen molar-refractivity contribution in [2.24, 2.45) is 0 Å². The summed E-state index contributed by atoms with van der Waals surface area (Å²) in [5.41, 5.74) is -0.772. The molecule has 0 saturated heterocycles. The van der Waals surface area contributed by atoms with E-state index in [2.05, 4.69) is 5.32 Å². The van der Waals surface area contributed by atoms with E-state index in [1.165, 1.54) is 6.92 Å². The molecule has 1 aliphatic rings. The van der Waals surface area contributed by atoms with E-state index in [4.69, 9.17) is 13.1 Å². The van der Waals surface area contributed by atoms with Gasteiger partial charge in [-0.1, -0.05) is 6.42 Å². The molecular weight excluding hydrogens is 139 g/mol. The van der Waals surface area contributed by atoms with Crippen LogP contribution in [0.2, 0.25) is 5.82 Å². The molecule has 0 aromatic rings. The Morgan fingerprint density at radius 2 is 2.55 bits per heavy atom. The van der Waals surface area contributed by atoms with Gasteiger partial charge in [-0.2, -0.15) is 5.26 Å². The number of nitrogens with zero attached hydrogens (tertiary/aromatic N) is 1. The van der Waals surface area contributed by atoms with E-state index in [-0.39, 0.29) is 11.7 Å². The lowest BCUT2D eigenvalue weighted by atomic mass is 9.57. The number of carbonyl (C=O) groups is 1. The van der Waals surface area contributed by atoms with E-state index in [1.54, 1.807) is 0 Å². The van der Waals surface area contributed by atoms with Gasteiger partial charge in [0.05, 0.1) is 13.9 Å². The van der Waals surface area contributed by atoms with Gasteiger partial charge < -0.3 is 5.32 Å². The molecule has 11 heavy (non-hydrogen) atoms. The minimum Gasteiger partial charge on any atom is -0.338 e. The van der Waals surface area contributed by atoms with Gasteiger partial charge in [-0.15, -0.1) is 0 Å². The van der Waals surface area contributed by atoms with Crippen LogP contribution in [0.1, 0.15) is 19.8 Å². The molecule has 2 radical (unpaired) electrons. The van der Waals surface area contributed by atoms with Crippen LogP contribution in [0.15, 0.2) is 0 Å². The van der Waals surface area contributed by atoms with Crippen molar-refractivity contribution in [1.29, 1.82) is 5.26 Å². The Morgan fingerprint density at radius 1 is 1.91 bits per heavy atom. The Balaban J connectivity index is 2.64. The third-order valence-electron chi connectivity index (χ3n) is 2.08. The Labute approximate surface area is 67.2 Å². The molecule has 4 heteroatoms. The number of carbonyl (C=O) groups excluding carboxylic acids is 1. The zero-order valence-electron chi connectivity index (χ0n) is 6.42. The molecule has 0 aliphatic heterocycles. The highest BCUT2D eigenvalue weighted by molar-refractivity contribution is 6.14. The number of hydrogen-bond acceptors (Lipinski definition) is 2. The van der Waals surface area contributed by atoms with Crippen LogP contribution in [-0.4, -0.2) is 19.3 Å². The molecule has 1 aliphatic carbocycles. The van der Waals surface area contributed by atoms with Crippen molar-refractivity contribution in [3.05, 3.63) is 0 Å². The highest BCUT2D eigenvalue weighted by Gasteiger charge is 2.44. The number of hydrogen-bond donors (Lipinski definition) is 1. The third-order valence-corrected chi connectivity index (χ3v) is 2.08. The van der Waals surface area contributed by atoms with E-state index in [9.17, 15) is 4.79 Å². The predicted molar refractivity (Wildman–Crippen MR) is 40.9 cm³/mol. The molecule has 2 atom stereocenters. The van der Waals surface area contributed by atoms with Crippen LogP contribution in [0.3, 0.4) is 0 Å². The molecule has 1 fully saturated rings. The Bertz CT molecular complexity index is 223. The van der Waals surface area contributed by atoms with Gasteiger partial charge in [0.15, 0.2) is 0 Å². The quantitative estimate of drug-likeness (QED) is 0.537. The number of nitrogens with one attached hydrogen (secondary N) is 1. The van der Waals surface area contributed by atoms with E-state index in [0.717, 1.165) is 6.42 Å². The molecular formula is C7H9BN2O. The number of amides is 1. The first-order chi connectivity index (χ1) is 5.10. The van der Waals surface area contributed by atoms with Crippen molar-refractivity contribution < 1.29 is 4.79 Å². The average Bonchev–Trinajstić information content (AvgIpc) is 1.96. The summed E-state index contributed by atoms with van der Waals surface area (Å²) in [5.74, 6) is -0.391. The Morgan fingerprint density at radius 3 is 2.64 bits per heavy atom. The normalized spacial score (nSPS) is 35.1. The molecule has 0 heterocycles. The lowest BCUT2D eigenvalue weighted by Gasteiger charge is -2.43. The summed E-state index contributed by atoms with van der Waals surface area (Å²) in [6, 6.07) is 2.04. The van der Waals surface area contributed by atoms with Crippen molar-refractivity contribution >= 4 is 13.8 Å². The molecule has 0 bridgehead atoms. The summed E-state index contributed by atoms with van der Waals surface area (Å²) < 4.78 is 0. The third kappa shape index (κ3) is 1.23. The molecule has 56 valence electrons. The van der Waals surface area contributed by atoms with E-state index < -0.39 is 5.54 Å². The second-order valence-corrected chi connectivity index (χ2v) is 2.91. The van der Waals surface area contributed by atoms with Gasteiger partial charge in [0.2, 0.25) is 5.91 Å². The first-order valence-corrected chi connectivity index (χ1v) is 3.56. The summed E-state index contributed by atoms with van der Waals surface area (Å²) in [6.07, 6.45) is 1.48. The van der Waals surface area contributed by atoms with Crippen LogP contribution >= 0.6 is 0 Å². The van der Waals surface area contributed by atoms with Crippen molar-refractivity contribution in [3.8, 4) is 6.07 Å². The molecule has 0 aromatic carbocycles. The first-order valence-electron chi connectivity index (χ1n) is 3.56. The summed E-state index contributed by atoms with van der Waals surface area (Å²) in [4.78, 5) is 10.6. The second-order valence-electron chi connectivity index (χ2n) is 2.91. The molecule has 1 saturated carbocycles. The molecule has 0 spiro atoms. The monoisotopic (exact) mass is 148 g/mol. The minimum atomic E-state index is -0.772. The maximum absolute atomic E-state index is 10.6. The van der Waals surface area contributed by atoms with Crippen molar-refractivity contribution in [3.63, 3.8) is 0 Å². The smallest absolute Gasteiger partial charge is 0.218 e. The fourth-order valence-electron chi connectivity index (χ4n) is 1.24. The molecule has 0 unspecified atom stereocenters. The van der Waals surface area contributed by atoms with Crippen LogP contribution in [0.25, 0.3) is 0 Å². The Kier molecular flexibility index (Phi) is 1.90. The summed E-state index contributed by atoms with van der Waals surface area (Å²) in [6.45, 7) is 1.39. The SMILES string of the molecule is [B][C@H]1CC[C@@]1(C#N)NC(C)=O. The molecule has 1 N–H and O–H groups in total. The standard InChI is InChI=1S/C7H9BN2O/c1-5(11)10-7(4-9)3-2-6(7)8/h6H,2-3H2,1H3,(H,10,11)/t6-,7-/m0/s1. The maximum Gasteiger partial charge on any atom is 0.218 e. The van der Waals surface area contributed by atoms with Gasteiger partial charge in [-0.25, -0.2) is 0 Å². The lowest BCUT2D eigenvalue weighted by Crippen LogP contribution is -2.55.